The van der Waals surface area contributed by atoms with Crippen LogP contribution in [-0.4, -0.2) is 16.5 Å². The van der Waals surface area contributed by atoms with Crippen LogP contribution in [0.5, 0.6) is 0 Å². The fraction of sp³-hybridized carbons (Fsp3) is 0.300. The van der Waals surface area contributed by atoms with E-state index in [0.717, 1.165) is 15.4 Å². The minimum Gasteiger partial charge on any atom is -0.400 e. The van der Waals surface area contributed by atoms with Crippen molar-refractivity contribution in [2.45, 2.75) is 6.92 Å². The second kappa shape index (κ2) is 4.17. The van der Waals surface area contributed by atoms with Crippen LogP contribution in [0.3, 0.4) is 0 Å². The molecule has 17 heavy (non-hydrogen) atoms. The van der Waals surface area contributed by atoms with Gasteiger partial charge in [-0.3, -0.25) is 15.1 Å². The Balaban J connectivity index is 2.57. The zero-order chi connectivity index (χ0) is 12.6. The summed E-state index contributed by atoms with van der Waals surface area (Å²) in [7, 11) is 3.61. The first-order valence-corrected chi connectivity index (χ1v) is 5.70. The quantitative estimate of drug-likeness (QED) is 0.607. The smallest absolute Gasteiger partial charge is 0.400 e. The van der Waals surface area contributed by atoms with Gasteiger partial charge in [0.1, 0.15) is 4.92 Å². The molecule has 0 aliphatic heterocycles. The lowest BCUT2D eigenvalue weighted by molar-refractivity contribution is -0.401. The van der Waals surface area contributed by atoms with Crippen LogP contribution in [-0.2, 0) is 7.05 Å². The lowest BCUT2D eigenvalue weighted by Gasteiger charge is -1.96. The molecule has 0 unspecified atom stereocenters. The number of hydrogen-bond acceptors (Lipinski definition) is 5. The Morgan fingerprint density at radius 2 is 2.24 bits per heavy atom. The summed E-state index contributed by atoms with van der Waals surface area (Å²) in [6.07, 6.45) is 0. The zero-order valence-electron chi connectivity index (χ0n) is 9.63. The van der Waals surface area contributed by atoms with Crippen LogP contribution in [0.4, 0.5) is 5.88 Å². The van der Waals surface area contributed by atoms with Crippen molar-refractivity contribution in [2.75, 3.05) is 7.05 Å². The number of nitro groups is 1. The molecule has 2 rings (SSSR count). The Bertz CT molecular complexity index is 636. The summed E-state index contributed by atoms with van der Waals surface area (Å²) in [6, 6.07) is 2.97. The van der Waals surface area contributed by atoms with Gasteiger partial charge in [0.2, 0.25) is 0 Å². The molecule has 0 bridgehead atoms. The third kappa shape index (κ3) is 1.89. The number of thiazole rings is 1. The van der Waals surface area contributed by atoms with Crippen LogP contribution in [0.15, 0.2) is 21.5 Å². The monoisotopic (exact) mass is 253 g/mol. The maximum Gasteiger partial charge on any atom is 0.433 e. The third-order valence-electron chi connectivity index (χ3n) is 2.50. The van der Waals surface area contributed by atoms with Gasteiger partial charge in [-0.2, -0.15) is 0 Å². The zero-order valence-corrected chi connectivity index (χ0v) is 10.4. The first-order chi connectivity index (χ1) is 8.04. The molecule has 0 aromatic carbocycles. The molecule has 0 atom stereocenters. The predicted molar refractivity (Wildman–Crippen MR) is 63.9 cm³/mol. The van der Waals surface area contributed by atoms with Crippen LogP contribution in [0.25, 0.3) is 10.6 Å². The van der Waals surface area contributed by atoms with Crippen molar-refractivity contribution in [3.8, 4) is 10.6 Å². The summed E-state index contributed by atoms with van der Waals surface area (Å²) in [5.41, 5.74) is 0.972. The van der Waals surface area contributed by atoms with Gasteiger partial charge in [-0.15, -0.1) is 0 Å². The highest BCUT2D eigenvalue weighted by Crippen LogP contribution is 2.30. The van der Waals surface area contributed by atoms with Crippen molar-refractivity contribution in [3.05, 3.63) is 32.7 Å². The molecule has 2 aromatic rings. The van der Waals surface area contributed by atoms with Gasteiger partial charge >= 0.3 is 5.88 Å². The molecule has 2 heterocycles. The van der Waals surface area contributed by atoms with E-state index < -0.39 is 4.92 Å². The Morgan fingerprint density at radius 3 is 2.71 bits per heavy atom. The molecule has 7 heteroatoms. The van der Waals surface area contributed by atoms with Crippen LogP contribution in [0, 0.1) is 17.0 Å². The molecule has 0 saturated carbocycles. The van der Waals surface area contributed by atoms with Crippen LogP contribution in [0.2, 0.25) is 0 Å². The van der Waals surface area contributed by atoms with Crippen molar-refractivity contribution >= 4 is 17.2 Å². The standard InChI is InChI=1S/C10H11N3O3S/c1-6-9(17-10(11-2)12(6)3)7-4-5-8(16-7)13(14)15/h4-5H,1-3H3. The highest BCUT2D eigenvalue weighted by Gasteiger charge is 2.17. The molecule has 0 radical (unpaired) electrons. The van der Waals surface area contributed by atoms with Gasteiger partial charge in [-0.1, -0.05) is 11.3 Å². The van der Waals surface area contributed by atoms with Crippen molar-refractivity contribution in [1.29, 1.82) is 0 Å². The predicted octanol–water partition coefficient (Wildman–Crippen LogP) is 2.09. The molecule has 0 fully saturated rings. The molecule has 0 amide bonds. The Kier molecular flexibility index (Phi) is 2.84. The lowest BCUT2D eigenvalue weighted by Crippen LogP contribution is -2.10. The first-order valence-electron chi connectivity index (χ1n) is 4.88. The summed E-state index contributed by atoms with van der Waals surface area (Å²) >= 11 is 1.44. The van der Waals surface area contributed by atoms with E-state index in [4.69, 9.17) is 4.42 Å². The van der Waals surface area contributed by atoms with Gasteiger partial charge in [0, 0.05) is 19.8 Å². The summed E-state index contributed by atoms with van der Waals surface area (Å²) in [5, 5.41) is 10.6. The molecule has 0 N–H and O–H groups in total. The van der Waals surface area contributed by atoms with E-state index in [1.165, 1.54) is 17.4 Å². The van der Waals surface area contributed by atoms with E-state index in [1.807, 2.05) is 18.5 Å². The summed E-state index contributed by atoms with van der Waals surface area (Å²) in [4.78, 5) is 15.8. The second-order valence-electron chi connectivity index (χ2n) is 3.48. The summed E-state index contributed by atoms with van der Waals surface area (Å²) in [6.45, 7) is 1.93. The van der Waals surface area contributed by atoms with E-state index in [0.29, 0.717) is 5.76 Å². The molecule has 6 nitrogen and oxygen atoms in total. The van der Waals surface area contributed by atoms with Crippen LogP contribution in [0.1, 0.15) is 5.69 Å². The average Bonchev–Trinajstić information content (AvgIpc) is 2.87. The Hall–Kier alpha value is -1.89. The van der Waals surface area contributed by atoms with E-state index >= 15 is 0 Å². The molecule has 0 aliphatic carbocycles. The number of aromatic nitrogens is 1. The number of hydrogen-bond donors (Lipinski definition) is 0. The van der Waals surface area contributed by atoms with E-state index in [9.17, 15) is 10.1 Å². The second-order valence-corrected chi connectivity index (χ2v) is 4.45. The maximum atomic E-state index is 10.6. The Morgan fingerprint density at radius 1 is 1.53 bits per heavy atom. The molecular weight excluding hydrogens is 242 g/mol. The van der Waals surface area contributed by atoms with Gasteiger partial charge in [0.15, 0.2) is 10.6 Å². The fourth-order valence-corrected chi connectivity index (χ4v) is 2.54. The SMILES string of the molecule is CN=c1sc(-c2ccc([N+](=O)[O-])o2)c(C)n1C. The van der Waals surface area contributed by atoms with E-state index in [2.05, 4.69) is 4.99 Å². The van der Waals surface area contributed by atoms with Gasteiger partial charge in [0.05, 0.1) is 10.9 Å². The molecular formula is C10H11N3O3S. The highest BCUT2D eigenvalue weighted by atomic mass is 32.1. The van der Waals surface area contributed by atoms with Crippen molar-refractivity contribution in [1.82, 2.24) is 4.57 Å². The highest BCUT2D eigenvalue weighted by molar-refractivity contribution is 7.13. The maximum absolute atomic E-state index is 10.6. The topological polar surface area (TPSA) is 73.6 Å². The molecule has 0 spiro atoms. The van der Waals surface area contributed by atoms with E-state index in [-0.39, 0.29) is 5.88 Å². The molecule has 0 saturated heterocycles. The minimum atomic E-state index is -0.544. The van der Waals surface area contributed by atoms with Gasteiger partial charge in [-0.25, -0.2) is 0 Å². The number of rotatable bonds is 2. The Labute approximate surface area is 101 Å². The lowest BCUT2D eigenvalue weighted by atomic mass is 10.3. The van der Waals surface area contributed by atoms with E-state index in [1.54, 1.807) is 13.1 Å². The van der Waals surface area contributed by atoms with Crippen molar-refractivity contribution in [2.24, 2.45) is 12.0 Å². The normalized spacial score (nSPS) is 12.1. The largest absolute Gasteiger partial charge is 0.433 e. The van der Waals surface area contributed by atoms with Crippen molar-refractivity contribution in [3.63, 3.8) is 0 Å². The van der Waals surface area contributed by atoms with Crippen LogP contribution >= 0.6 is 11.3 Å². The van der Waals surface area contributed by atoms with Gasteiger partial charge in [-0.05, 0) is 13.0 Å². The number of nitrogens with zero attached hydrogens (tertiary/aromatic N) is 3. The van der Waals surface area contributed by atoms with Gasteiger partial charge < -0.3 is 8.98 Å². The molecule has 2 aromatic heterocycles. The van der Waals surface area contributed by atoms with Crippen molar-refractivity contribution < 1.29 is 9.34 Å². The summed E-state index contributed by atoms with van der Waals surface area (Å²) in [5.74, 6) is 0.259. The van der Waals surface area contributed by atoms with Crippen LogP contribution < -0.4 is 4.80 Å². The average molecular weight is 253 g/mol. The van der Waals surface area contributed by atoms with Gasteiger partial charge in [0.25, 0.3) is 0 Å². The third-order valence-corrected chi connectivity index (χ3v) is 3.84. The first kappa shape index (κ1) is 11.6. The molecule has 0 aliphatic rings. The number of furan rings is 1. The fourth-order valence-electron chi connectivity index (χ4n) is 1.50. The molecule has 90 valence electrons. The summed E-state index contributed by atoms with van der Waals surface area (Å²) < 4.78 is 7.11. The minimum absolute atomic E-state index is 0.245.